The number of alkyl halides is 3. The highest BCUT2D eigenvalue weighted by Gasteiger charge is 2.30. The molecule has 134 valence electrons. The van der Waals surface area contributed by atoms with Crippen LogP contribution in [0, 0.1) is 0 Å². The zero-order valence-corrected chi connectivity index (χ0v) is 14.5. The maximum Gasteiger partial charge on any atom is 0.416 e. The maximum atomic E-state index is 12.8. The van der Waals surface area contributed by atoms with Crippen molar-refractivity contribution >= 4 is 17.3 Å². The molecule has 0 saturated carbocycles. The highest BCUT2D eigenvalue weighted by molar-refractivity contribution is 7.13. The van der Waals surface area contributed by atoms with Crippen molar-refractivity contribution in [3.63, 3.8) is 0 Å². The molecule has 0 aliphatic heterocycles. The molecule has 0 saturated heterocycles. The summed E-state index contributed by atoms with van der Waals surface area (Å²) >= 11 is 1.30. The summed E-state index contributed by atoms with van der Waals surface area (Å²) in [6, 6.07) is 12.1. The number of nitrogens with zero attached hydrogens (tertiary/aromatic N) is 1. The van der Waals surface area contributed by atoms with E-state index < -0.39 is 17.7 Å². The molecule has 3 aromatic rings. The van der Waals surface area contributed by atoms with Crippen LogP contribution in [-0.2, 0) is 17.3 Å². The van der Waals surface area contributed by atoms with Gasteiger partial charge in [0.15, 0.2) is 0 Å². The van der Waals surface area contributed by atoms with Crippen LogP contribution in [0.1, 0.15) is 27.2 Å². The lowest BCUT2D eigenvalue weighted by molar-refractivity contribution is -0.137. The van der Waals surface area contributed by atoms with Crippen molar-refractivity contribution in [2.24, 2.45) is 0 Å². The number of benzene rings is 2. The molecule has 1 aromatic heterocycles. The van der Waals surface area contributed by atoms with Crippen molar-refractivity contribution < 1.29 is 22.7 Å². The number of hydrogen-bond acceptors (Lipinski definition) is 4. The summed E-state index contributed by atoms with van der Waals surface area (Å²) in [5, 5.41) is 2.36. The van der Waals surface area contributed by atoms with Crippen LogP contribution in [0.5, 0.6) is 0 Å². The Morgan fingerprint density at radius 3 is 2.54 bits per heavy atom. The summed E-state index contributed by atoms with van der Waals surface area (Å²) in [6.45, 7) is 0. The Morgan fingerprint density at radius 1 is 1.15 bits per heavy atom. The second-order valence-corrected chi connectivity index (χ2v) is 6.45. The second-order valence-electron chi connectivity index (χ2n) is 5.59. The monoisotopic (exact) mass is 377 g/mol. The average Bonchev–Trinajstić information content (AvgIpc) is 3.09. The van der Waals surface area contributed by atoms with Crippen LogP contribution in [0.25, 0.3) is 10.6 Å². The molecule has 0 radical (unpaired) electrons. The third-order valence-corrected chi connectivity index (χ3v) is 4.69. The number of thiazole rings is 1. The van der Waals surface area contributed by atoms with E-state index in [-0.39, 0.29) is 0 Å². The standard InChI is InChI=1S/C19H14F3NO2S/c1-25-18(24)13-7-5-12(6-8-13)9-16-11-26-17(23-16)14-3-2-4-15(10-14)19(20,21)22/h2-8,10-11H,9H2,1H3. The van der Waals surface area contributed by atoms with Crippen molar-refractivity contribution in [1.82, 2.24) is 4.98 Å². The number of ether oxygens (including phenoxy) is 1. The van der Waals surface area contributed by atoms with E-state index in [1.165, 1.54) is 24.5 Å². The SMILES string of the molecule is COC(=O)c1ccc(Cc2csc(-c3cccc(C(F)(F)F)c3)n2)cc1. The molecule has 2 aromatic carbocycles. The Bertz CT molecular complexity index is 917. The Hall–Kier alpha value is -2.67. The fraction of sp³-hybridized carbons (Fsp3) is 0.158. The number of carbonyl (C=O) groups is 1. The lowest BCUT2D eigenvalue weighted by Crippen LogP contribution is -2.04. The molecule has 0 N–H and O–H groups in total. The Balaban J connectivity index is 1.77. The largest absolute Gasteiger partial charge is 0.465 e. The number of hydrogen-bond donors (Lipinski definition) is 0. The quantitative estimate of drug-likeness (QED) is 0.586. The molecule has 7 heteroatoms. The van der Waals surface area contributed by atoms with Gasteiger partial charge in [0, 0.05) is 17.4 Å². The van der Waals surface area contributed by atoms with Crippen molar-refractivity contribution in [1.29, 1.82) is 0 Å². The van der Waals surface area contributed by atoms with E-state index in [2.05, 4.69) is 9.72 Å². The minimum atomic E-state index is -4.38. The number of methoxy groups -OCH3 is 1. The molecule has 0 amide bonds. The van der Waals surface area contributed by atoms with Crippen LogP contribution in [0.4, 0.5) is 13.2 Å². The number of esters is 1. The van der Waals surface area contributed by atoms with Crippen molar-refractivity contribution in [3.8, 4) is 10.6 Å². The van der Waals surface area contributed by atoms with Gasteiger partial charge in [-0.1, -0.05) is 24.3 Å². The molecule has 0 fully saturated rings. The van der Waals surface area contributed by atoms with Crippen LogP contribution >= 0.6 is 11.3 Å². The predicted molar refractivity (Wildman–Crippen MR) is 93.1 cm³/mol. The highest BCUT2D eigenvalue weighted by atomic mass is 32.1. The number of aromatic nitrogens is 1. The zero-order valence-electron chi connectivity index (χ0n) is 13.7. The van der Waals surface area contributed by atoms with E-state index in [0.29, 0.717) is 22.6 Å². The van der Waals surface area contributed by atoms with Crippen molar-refractivity contribution in [2.75, 3.05) is 7.11 Å². The number of rotatable bonds is 4. The van der Waals surface area contributed by atoms with Crippen LogP contribution < -0.4 is 0 Å². The van der Waals surface area contributed by atoms with E-state index >= 15 is 0 Å². The first kappa shape index (κ1) is 18.1. The lowest BCUT2D eigenvalue weighted by Gasteiger charge is -2.07. The third kappa shape index (κ3) is 4.11. The summed E-state index contributed by atoms with van der Waals surface area (Å²) in [6.07, 6.45) is -3.85. The minimum absolute atomic E-state index is 0.406. The zero-order chi connectivity index (χ0) is 18.7. The van der Waals surface area contributed by atoms with Gasteiger partial charge in [-0.05, 0) is 29.8 Å². The molecule has 0 bridgehead atoms. The van der Waals surface area contributed by atoms with Crippen LogP contribution in [0.15, 0.2) is 53.9 Å². The first-order valence-corrected chi connectivity index (χ1v) is 8.54. The van der Waals surface area contributed by atoms with E-state index in [9.17, 15) is 18.0 Å². The smallest absolute Gasteiger partial charge is 0.416 e. The molecule has 3 nitrogen and oxygen atoms in total. The Morgan fingerprint density at radius 2 is 1.88 bits per heavy atom. The van der Waals surface area contributed by atoms with Gasteiger partial charge in [-0.15, -0.1) is 11.3 Å². The molecule has 0 aliphatic carbocycles. The first-order valence-electron chi connectivity index (χ1n) is 7.66. The average molecular weight is 377 g/mol. The number of carbonyl (C=O) groups excluding carboxylic acids is 1. The molecule has 0 unspecified atom stereocenters. The van der Waals surface area contributed by atoms with Gasteiger partial charge in [-0.2, -0.15) is 13.2 Å². The maximum absolute atomic E-state index is 12.8. The molecular weight excluding hydrogens is 363 g/mol. The van der Waals surface area contributed by atoms with Gasteiger partial charge in [0.1, 0.15) is 5.01 Å². The number of halogens is 3. The van der Waals surface area contributed by atoms with Gasteiger partial charge in [0.05, 0.1) is 23.9 Å². The topological polar surface area (TPSA) is 39.2 Å². The van der Waals surface area contributed by atoms with Gasteiger partial charge in [0.25, 0.3) is 0 Å². The molecule has 0 aliphatic rings. The molecule has 0 spiro atoms. The predicted octanol–water partition coefficient (Wildman–Crippen LogP) is 5.21. The summed E-state index contributed by atoms with van der Waals surface area (Å²) in [7, 11) is 1.32. The Labute approximate surface area is 152 Å². The van der Waals surface area contributed by atoms with E-state index in [1.807, 2.05) is 5.38 Å². The summed E-state index contributed by atoms with van der Waals surface area (Å²) in [4.78, 5) is 15.9. The van der Waals surface area contributed by atoms with E-state index in [1.54, 1.807) is 30.3 Å². The van der Waals surface area contributed by atoms with Gasteiger partial charge in [-0.25, -0.2) is 9.78 Å². The van der Waals surface area contributed by atoms with E-state index in [4.69, 9.17) is 0 Å². The first-order chi connectivity index (χ1) is 12.4. The highest BCUT2D eigenvalue weighted by Crippen LogP contribution is 2.33. The molecule has 1 heterocycles. The summed E-state index contributed by atoms with van der Waals surface area (Å²) in [5.74, 6) is -0.406. The van der Waals surface area contributed by atoms with Gasteiger partial charge >= 0.3 is 12.1 Å². The summed E-state index contributed by atoms with van der Waals surface area (Å²) in [5.41, 5.74) is 1.91. The van der Waals surface area contributed by atoms with E-state index in [0.717, 1.165) is 23.4 Å². The Kier molecular flexibility index (Phi) is 5.08. The van der Waals surface area contributed by atoms with Crippen LogP contribution in [0.3, 0.4) is 0 Å². The van der Waals surface area contributed by atoms with Crippen LogP contribution in [-0.4, -0.2) is 18.1 Å². The van der Waals surface area contributed by atoms with Crippen molar-refractivity contribution in [2.45, 2.75) is 12.6 Å². The van der Waals surface area contributed by atoms with Crippen LogP contribution in [0.2, 0.25) is 0 Å². The normalized spacial score (nSPS) is 11.4. The van der Waals surface area contributed by atoms with Gasteiger partial charge in [-0.3, -0.25) is 0 Å². The van der Waals surface area contributed by atoms with Gasteiger partial charge < -0.3 is 4.74 Å². The molecule has 26 heavy (non-hydrogen) atoms. The van der Waals surface area contributed by atoms with Gasteiger partial charge in [0.2, 0.25) is 0 Å². The molecule has 3 rings (SSSR count). The second kappa shape index (κ2) is 7.29. The van der Waals surface area contributed by atoms with Crippen molar-refractivity contribution in [3.05, 3.63) is 76.3 Å². The minimum Gasteiger partial charge on any atom is -0.465 e. The fourth-order valence-electron chi connectivity index (χ4n) is 2.43. The lowest BCUT2D eigenvalue weighted by atomic mass is 10.1. The molecule has 0 atom stereocenters. The summed E-state index contributed by atoms with van der Waals surface area (Å²) < 4.78 is 43.2. The fourth-order valence-corrected chi connectivity index (χ4v) is 3.25. The third-order valence-electron chi connectivity index (χ3n) is 3.75. The molecular formula is C19H14F3NO2S.